The fraction of sp³-hybridized carbons (Fsp3) is 0.300. The minimum absolute atomic E-state index is 0.0156. The van der Waals surface area contributed by atoms with Crippen LogP contribution in [0.15, 0.2) is 114 Å². The molecule has 9 aromatic rings. The quantitative estimate of drug-likeness (QED) is 0.0309. The largest absolute Gasteiger partial charge is 0.496 e. The molecule has 0 spiro atoms. The van der Waals surface area contributed by atoms with E-state index in [2.05, 4.69) is 9.88 Å². The van der Waals surface area contributed by atoms with Crippen LogP contribution in [0.1, 0.15) is 68.4 Å². The summed E-state index contributed by atoms with van der Waals surface area (Å²) in [6.45, 7) is 3.73. The van der Waals surface area contributed by atoms with E-state index >= 15 is 30.7 Å². The van der Waals surface area contributed by atoms with Crippen LogP contribution in [-0.4, -0.2) is 130 Å². The molecule has 32 heteroatoms. The number of benzene rings is 6. The van der Waals surface area contributed by atoms with Crippen molar-refractivity contribution in [1.82, 2.24) is 30.1 Å². The number of ether oxygens (including phenoxy) is 3. The number of rotatable bonds is 24. The van der Waals surface area contributed by atoms with Gasteiger partial charge in [0, 0.05) is 90.1 Å². The lowest BCUT2D eigenvalue weighted by atomic mass is 9.91. The molecular weight excluding hydrogens is 1380 g/mol. The van der Waals surface area contributed by atoms with Gasteiger partial charge in [-0.2, -0.15) is 39.5 Å². The molecule has 6 aromatic carbocycles. The molecule has 0 radical (unpaired) electrons. The van der Waals surface area contributed by atoms with Gasteiger partial charge in [0.1, 0.15) is 75.9 Å². The molecule has 10 rings (SSSR count). The summed E-state index contributed by atoms with van der Waals surface area (Å²) >= 11 is 0. The van der Waals surface area contributed by atoms with Crippen molar-refractivity contribution in [3.05, 3.63) is 188 Å². The molecule has 4 heterocycles. The fourth-order valence-corrected chi connectivity index (χ4v) is 12.3. The molecule has 1 fully saturated rings. The number of morpholine rings is 1. The van der Waals surface area contributed by atoms with Gasteiger partial charge in [0.05, 0.1) is 60.7 Å². The molecule has 3 aromatic heterocycles. The second-order valence-electron chi connectivity index (χ2n) is 23.9. The van der Waals surface area contributed by atoms with Crippen molar-refractivity contribution < 1.29 is 105 Å². The van der Waals surface area contributed by atoms with Gasteiger partial charge in [-0.3, -0.25) is 29.3 Å². The summed E-state index contributed by atoms with van der Waals surface area (Å²) in [5.74, 6) is -14.2. The Hall–Kier alpha value is -10.6. The summed E-state index contributed by atoms with van der Waals surface area (Å²) in [5.41, 5.74) is -7.59. The number of carboxylic acid groups (broad SMARTS) is 2. The van der Waals surface area contributed by atoms with Crippen molar-refractivity contribution in [2.24, 2.45) is 7.05 Å². The predicted molar refractivity (Wildman–Crippen MR) is 345 cm³/mol. The molecular formula is C70H60F14N8O10. The minimum Gasteiger partial charge on any atom is -0.496 e. The topological polar surface area (TPSA) is 236 Å². The highest BCUT2D eigenvalue weighted by atomic mass is 19.4. The van der Waals surface area contributed by atoms with Crippen LogP contribution in [0.5, 0.6) is 11.5 Å². The highest BCUT2D eigenvalue weighted by Crippen LogP contribution is 2.45. The number of nitrogens with one attached hydrogen (secondary N) is 4. The summed E-state index contributed by atoms with van der Waals surface area (Å²) in [6.07, 6.45) is -17.5. The zero-order chi connectivity index (χ0) is 74.0. The lowest BCUT2D eigenvalue weighted by Gasteiger charge is -2.27. The molecule has 0 bridgehead atoms. The average molecular weight is 1440 g/mol. The number of hydrogen-bond donors (Lipinski definition) is 6. The second kappa shape index (κ2) is 29.9. The molecule has 4 atom stereocenters. The standard InChI is InChI=1S/C70H60F14N8O10/c1-5-54(68(76,77)78)86-38-28-45(72)58(46(73)29-38)63(93)90-50(67(98)99)26-35-8-13-42(56-52(100-3)23-33(24-53(56)101-4)32-92-19-21-102-22-20-92)62-41(35)15-11-37(88-62)12-17-55(69(79,80)81)87-39-30-47(74)59(48(75)31-39)64(94)89-49(66(96)97)25-34-9-14-43(61-40(34)7-6-18-85-61)57-60(70(82,83)84)44-27-36(71)10-16-51(44)91(2)65(57)95/h6-11,13-16,18,23-24,27-31,49-50,54-55,86-87H,5,12,17,19-22,25-26,32H2,1-4H3,(H,89,94)(H,90,93)(H,96,97)(H,98,99)/t49-,50-,54+,55+/m0/s1. The van der Waals surface area contributed by atoms with Gasteiger partial charge in [-0.25, -0.2) is 31.5 Å². The molecule has 538 valence electrons. The summed E-state index contributed by atoms with van der Waals surface area (Å²) < 4.78 is 226. The van der Waals surface area contributed by atoms with Crippen LogP contribution in [0.4, 0.5) is 72.8 Å². The first-order valence-electron chi connectivity index (χ1n) is 31.1. The van der Waals surface area contributed by atoms with Gasteiger partial charge in [0.15, 0.2) is 0 Å². The Kier molecular flexibility index (Phi) is 21.7. The normalized spacial score (nSPS) is 14.3. The number of nitrogens with zero attached hydrogens (tertiary/aromatic N) is 4. The van der Waals surface area contributed by atoms with Crippen LogP contribution >= 0.6 is 0 Å². The Morgan fingerprint density at radius 2 is 1.14 bits per heavy atom. The van der Waals surface area contributed by atoms with Gasteiger partial charge < -0.3 is 50.3 Å². The summed E-state index contributed by atoms with van der Waals surface area (Å²) in [6, 6.07) is 8.84. The van der Waals surface area contributed by atoms with Gasteiger partial charge in [-0.1, -0.05) is 43.3 Å². The van der Waals surface area contributed by atoms with Crippen LogP contribution in [0.25, 0.3) is 55.0 Å². The first-order chi connectivity index (χ1) is 48.2. The van der Waals surface area contributed by atoms with Crippen LogP contribution < -0.4 is 36.3 Å². The maximum atomic E-state index is 16.1. The monoisotopic (exact) mass is 1440 g/mol. The Morgan fingerprint density at radius 1 is 0.627 bits per heavy atom. The number of alkyl halides is 9. The maximum Gasteiger partial charge on any atom is 0.417 e. The molecule has 1 aliphatic heterocycles. The number of halogens is 14. The summed E-state index contributed by atoms with van der Waals surface area (Å²) in [4.78, 5) is 77.6. The predicted octanol–water partition coefficient (Wildman–Crippen LogP) is 13.1. The first kappa shape index (κ1) is 74.1. The Bertz CT molecular complexity index is 4740. The van der Waals surface area contributed by atoms with Gasteiger partial charge in [-0.05, 0) is 103 Å². The van der Waals surface area contributed by atoms with Crippen LogP contribution in [-0.2, 0) is 53.4 Å². The average Bonchev–Trinajstić information content (AvgIpc) is 0.737. The molecule has 18 nitrogen and oxygen atoms in total. The smallest absolute Gasteiger partial charge is 0.417 e. The van der Waals surface area contributed by atoms with E-state index in [9.17, 15) is 64.9 Å². The van der Waals surface area contributed by atoms with E-state index in [1.807, 2.05) is 21.3 Å². The number of carboxylic acids is 2. The number of pyridine rings is 3. The number of amides is 2. The number of fused-ring (bicyclic) bond motifs is 3. The van der Waals surface area contributed by atoms with Crippen molar-refractivity contribution in [2.75, 3.05) is 51.2 Å². The zero-order valence-corrected chi connectivity index (χ0v) is 54.0. The number of hydrogen-bond acceptors (Lipinski definition) is 13. The molecule has 0 unspecified atom stereocenters. The van der Waals surface area contributed by atoms with E-state index in [0.29, 0.717) is 63.2 Å². The van der Waals surface area contributed by atoms with Gasteiger partial charge in [0.2, 0.25) is 0 Å². The highest BCUT2D eigenvalue weighted by molar-refractivity contribution is 6.03. The summed E-state index contributed by atoms with van der Waals surface area (Å²) in [7, 11) is 3.88. The molecule has 0 aliphatic carbocycles. The van der Waals surface area contributed by atoms with E-state index in [1.54, 1.807) is 12.1 Å². The van der Waals surface area contributed by atoms with Crippen molar-refractivity contribution in [1.29, 1.82) is 0 Å². The third-order valence-electron chi connectivity index (χ3n) is 17.3. The summed E-state index contributed by atoms with van der Waals surface area (Å²) in [5, 5.41) is 28.2. The maximum absolute atomic E-state index is 16.1. The lowest BCUT2D eigenvalue weighted by molar-refractivity contribution is -0.144. The van der Waals surface area contributed by atoms with E-state index in [-0.39, 0.29) is 66.8 Å². The highest BCUT2D eigenvalue weighted by Gasteiger charge is 2.42. The third kappa shape index (κ3) is 15.9. The van der Waals surface area contributed by atoms with Gasteiger partial charge >= 0.3 is 30.5 Å². The zero-order valence-electron chi connectivity index (χ0n) is 54.0. The number of aryl methyl sites for hydroxylation is 2. The Labute approximate surface area is 569 Å². The van der Waals surface area contributed by atoms with Crippen molar-refractivity contribution in [3.63, 3.8) is 0 Å². The molecule has 0 saturated carbocycles. The molecule has 1 aliphatic rings. The third-order valence-corrected chi connectivity index (χ3v) is 17.3. The SMILES string of the molecule is CC[C@@H](Nc1cc(F)c(C(=O)N[C@@H](Cc2ccc(-c3c(OC)cc(CN4CCOCC4)cc3OC)c3nc(CC[C@@H](Nc4cc(F)c(C(=O)N[C@@H](Cc5ccc(-c6c(C(F)(F)F)c7cc(F)ccc7n(C)c6=O)c6ncccc56)C(=O)O)c(F)c4)C(F)(F)F)ccc23)C(=O)O)c(F)c1)C(F)(F)F. The van der Waals surface area contributed by atoms with Crippen molar-refractivity contribution >= 4 is 67.8 Å². The number of aliphatic carboxylic acids is 2. The lowest BCUT2D eigenvalue weighted by Crippen LogP contribution is -2.43. The number of methoxy groups -OCH3 is 2. The van der Waals surface area contributed by atoms with E-state index in [0.717, 1.165) is 40.6 Å². The number of anilines is 2. The van der Waals surface area contributed by atoms with Gasteiger partial charge in [-0.15, -0.1) is 0 Å². The number of aromatic nitrogens is 3. The second-order valence-corrected chi connectivity index (χ2v) is 23.9. The van der Waals surface area contributed by atoms with Gasteiger partial charge in [0.25, 0.3) is 17.4 Å². The molecule has 102 heavy (non-hydrogen) atoms. The van der Waals surface area contributed by atoms with E-state index < -0.39 is 178 Å². The first-order valence-corrected chi connectivity index (χ1v) is 31.1. The van der Waals surface area contributed by atoms with Crippen LogP contribution in [0.3, 0.4) is 0 Å². The minimum atomic E-state index is -5.24. The van der Waals surface area contributed by atoms with E-state index in [4.69, 9.17) is 19.2 Å². The Morgan fingerprint density at radius 3 is 1.63 bits per heavy atom. The number of carbonyl (C=O) groups excluding carboxylic acids is 2. The molecule has 2 amide bonds. The van der Waals surface area contributed by atoms with Crippen molar-refractivity contribution in [3.8, 4) is 33.8 Å². The fourth-order valence-electron chi connectivity index (χ4n) is 12.3. The Balaban J connectivity index is 0.920. The van der Waals surface area contributed by atoms with Crippen molar-refractivity contribution in [2.45, 2.75) is 88.3 Å². The molecule has 1 saturated heterocycles. The number of carbonyl (C=O) groups is 4. The van der Waals surface area contributed by atoms with Crippen LogP contribution in [0.2, 0.25) is 0 Å². The molecule has 6 N–H and O–H groups in total. The van der Waals surface area contributed by atoms with E-state index in [1.165, 1.54) is 64.6 Å². The van der Waals surface area contributed by atoms with Crippen LogP contribution in [0, 0.1) is 29.1 Å².